The lowest BCUT2D eigenvalue weighted by molar-refractivity contribution is 0.598. The Morgan fingerprint density at radius 1 is 1.53 bits per heavy atom. The molecule has 0 fully saturated rings. The first-order valence-corrected chi connectivity index (χ1v) is 7.68. The molecule has 0 bridgehead atoms. The Morgan fingerprint density at radius 2 is 2.24 bits per heavy atom. The van der Waals surface area contributed by atoms with E-state index in [-0.39, 0.29) is 15.3 Å². The van der Waals surface area contributed by atoms with Gasteiger partial charge in [-0.25, -0.2) is 9.97 Å². The summed E-state index contributed by atoms with van der Waals surface area (Å²) in [6.07, 6.45) is 2.83. The quantitative estimate of drug-likeness (QED) is 0.912. The molecule has 2 rings (SSSR count). The van der Waals surface area contributed by atoms with Crippen molar-refractivity contribution in [2.45, 2.75) is 5.03 Å². The second kappa shape index (κ2) is 4.56. The molecule has 0 aliphatic rings. The molecule has 1 N–H and O–H groups in total. The van der Waals surface area contributed by atoms with Gasteiger partial charge in [0.25, 0.3) is 10.0 Å². The molecular formula is C7H6BrClN4O2S2. The van der Waals surface area contributed by atoms with Crippen LogP contribution in [-0.4, -0.2) is 23.0 Å². The van der Waals surface area contributed by atoms with Crippen LogP contribution in [0.2, 0.25) is 5.15 Å². The van der Waals surface area contributed by atoms with Crippen molar-refractivity contribution in [1.82, 2.24) is 14.5 Å². The van der Waals surface area contributed by atoms with Crippen molar-refractivity contribution in [1.29, 1.82) is 0 Å². The van der Waals surface area contributed by atoms with Crippen LogP contribution in [0.15, 0.2) is 21.3 Å². The molecule has 0 atom stereocenters. The van der Waals surface area contributed by atoms with E-state index < -0.39 is 10.0 Å². The highest BCUT2D eigenvalue weighted by Crippen LogP contribution is 2.26. The Morgan fingerprint density at radius 3 is 2.71 bits per heavy atom. The van der Waals surface area contributed by atoms with E-state index in [0.717, 1.165) is 15.1 Å². The van der Waals surface area contributed by atoms with E-state index in [0.29, 0.717) is 0 Å². The molecule has 2 aromatic rings. The van der Waals surface area contributed by atoms with E-state index in [4.69, 9.17) is 11.6 Å². The summed E-state index contributed by atoms with van der Waals surface area (Å²) >= 11 is 10.2. The first-order chi connectivity index (χ1) is 7.90. The Bertz CT molecular complexity index is 651. The average molecular weight is 358 g/mol. The maximum atomic E-state index is 11.9. The third-order valence-electron chi connectivity index (χ3n) is 1.79. The molecule has 17 heavy (non-hydrogen) atoms. The van der Waals surface area contributed by atoms with Gasteiger partial charge in [0, 0.05) is 7.05 Å². The zero-order valence-corrected chi connectivity index (χ0v) is 12.4. The van der Waals surface area contributed by atoms with E-state index in [9.17, 15) is 8.42 Å². The average Bonchev–Trinajstić information content (AvgIpc) is 2.75. The summed E-state index contributed by atoms with van der Waals surface area (Å²) in [4.78, 5) is 7.60. The maximum Gasteiger partial charge on any atom is 0.284 e. The molecule has 92 valence electrons. The topological polar surface area (TPSA) is 76.9 Å². The Hall–Kier alpha value is -0.640. The number of aryl methyl sites for hydroxylation is 1. The van der Waals surface area contributed by atoms with E-state index in [1.165, 1.54) is 17.1 Å². The molecule has 0 aliphatic heterocycles. The van der Waals surface area contributed by atoms with Gasteiger partial charge in [0.05, 0.1) is 16.3 Å². The fourth-order valence-electron chi connectivity index (χ4n) is 1.04. The van der Waals surface area contributed by atoms with Crippen molar-refractivity contribution in [2.75, 3.05) is 4.72 Å². The number of rotatable bonds is 3. The number of hydrogen-bond acceptors (Lipinski definition) is 5. The minimum atomic E-state index is -3.80. The monoisotopic (exact) mass is 356 g/mol. The van der Waals surface area contributed by atoms with Crippen molar-refractivity contribution in [3.8, 4) is 0 Å². The summed E-state index contributed by atoms with van der Waals surface area (Å²) in [5, 5.41) is 0.0831. The minimum Gasteiger partial charge on any atom is -0.324 e. The summed E-state index contributed by atoms with van der Waals surface area (Å²) in [5.74, 6) is 0. The minimum absolute atomic E-state index is 0.0492. The third-order valence-corrected chi connectivity index (χ3v) is 5.14. The molecule has 2 heterocycles. The summed E-state index contributed by atoms with van der Waals surface area (Å²) in [6, 6.07) is 0. The molecule has 2 aromatic heterocycles. The largest absolute Gasteiger partial charge is 0.324 e. The fraction of sp³-hybridized carbons (Fsp3) is 0.143. The van der Waals surface area contributed by atoms with Crippen LogP contribution >= 0.6 is 38.9 Å². The van der Waals surface area contributed by atoms with E-state index in [1.807, 2.05) is 0 Å². The second-order valence-electron chi connectivity index (χ2n) is 3.03. The van der Waals surface area contributed by atoms with E-state index in [2.05, 4.69) is 30.6 Å². The standard InChI is InChI=1S/C7H6BrClN4O2S2/c1-13-3-11-6(5(13)9)17(14,15)12-7-10-2-4(8)16-7/h2-3H,1H3,(H,10,12). The number of thiazole rings is 1. The molecule has 6 nitrogen and oxygen atoms in total. The van der Waals surface area contributed by atoms with Crippen LogP contribution in [0, 0.1) is 0 Å². The van der Waals surface area contributed by atoms with Gasteiger partial charge in [0.15, 0.2) is 5.13 Å². The van der Waals surface area contributed by atoms with Crippen LogP contribution in [0.3, 0.4) is 0 Å². The van der Waals surface area contributed by atoms with Gasteiger partial charge in [-0.3, -0.25) is 4.72 Å². The number of hydrogen-bond donors (Lipinski definition) is 1. The van der Waals surface area contributed by atoms with Crippen LogP contribution in [0.1, 0.15) is 0 Å². The van der Waals surface area contributed by atoms with Crippen molar-refractivity contribution >= 4 is 54.0 Å². The summed E-state index contributed by atoms with van der Waals surface area (Å²) in [7, 11) is -2.19. The smallest absolute Gasteiger partial charge is 0.284 e. The van der Waals surface area contributed by atoms with Gasteiger partial charge in [0.2, 0.25) is 5.03 Å². The molecule has 0 spiro atoms. The zero-order valence-electron chi connectivity index (χ0n) is 8.39. The summed E-state index contributed by atoms with van der Waals surface area (Å²) < 4.78 is 28.3. The Labute approximate surface area is 115 Å². The highest BCUT2D eigenvalue weighted by molar-refractivity contribution is 9.11. The lowest BCUT2D eigenvalue weighted by atomic mass is 10.9. The molecule has 0 radical (unpaired) electrons. The van der Waals surface area contributed by atoms with Crippen molar-refractivity contribution < 1.29 is 8.42 Å². The number of nitrogens with one attached hydrogen (secondary N) is 1. The first-order valence-electron chi connectivity index (χ1n) is 4.21. The van der Waals surface area contributed by atoms with Crippen LogP contribution in [0.25, 0.3) is 0 Å². The van der Waals surface area contributed by atoms with Gasteiger partial charge in [-0.2, -0.15) is 8.42 Å². The number of imidazole rings is 1. The molecule has 0 amide bonds. The Kier molecular flexibility index (Phi) is 3.43. The first kappa shape index (κ1) is 12.8. The van der Waals surface area contributed by atoms with Gasteiger partial charge in [-0.15, -0.1) is 0 Å². The van der Waals surface area contributed by atoms with Crippen molar-refractivity contribution in [2.24, 2.45) is 7.05 Å². The van der Waals surface area contributed by atoms with Crippen LogP contribution < -0.4 is 4.72 Å². The number of sulfonamides is 1. The van der Waals surface area contributed by atoms with Gasteiger partial charge < -0.3 is 4.57 Å². The predicted molar refractivity (Wildman–Crippen MR) is 68.8 cm³/mol. The van der Waals surface area contributed by atoms with Crippen molar-refractivity contribution in [3.05, 3.63) is 21.5 Å². The third kappa shape index (κ3) is 2.62. The maximum absolute atomic E-state index is 11.9. The van der Waals surface area contributed by atoms with Gasteiger partial charge in [0.1, 0.15) is 5.15 Å². The van der Waals surface area contributed by atoms with Crippen LogP contribution in [-0.2, 0) is 17.1 Å². The normalized spacial score (nSPS) is 11.7. The molecule has 0 unspecified atom stereocenters. The van der Waals surface area contributed by atoms with E-state index >= 15 is 0 Å². The van der Waals surface area contributed by atoms with Crippen molar-refractivity contribution in [3.63, 3.8) is 0 Å². The summed E-state index contributed by atoms with van der Waals surface area (Å²) in [6.45, 7) is 0. The van der Waals surface area contributed by atoms with Gasteiger partial charge in [-0.1, -0.05) is 22.9 Å². The number of halogens is 2. The molecule has 0 saturated heterocycles. The Balaban J connectivity index is 2.34. The van der Waals surface area contributed by atoms with Crippen LogP contribution in [0.5, 0.6) is 0 Å². The number of nitrogens with zero attached hydrogens (tertiary/aromatic N) is 3. The fourth-order valence-corrected chi connectivity index (χ4v) is 3.82. The SMILES string of the molecule is Cn1cnc(S(=O)(=O)Nc2ncc(Br)s2)c1Cl. The lowest BCUT2D eigenvalue weighted by Gasteiger charge is -2.02. The number of aromatic nitrogens is 3. The highest BCUT2D eigenvalue weighted by atomic mass is 79.9. The second-order valence-corrected chi connectivity index (χ2v) is 7.39. The predicted octanol–water partition coefficient (Wildman–Crippen LogP) is 2.09. The lowest BCUT2D eigenvalue weighted by Crippen LogP contribution is -2.13. The summed E-state index contributed by atoms with van der Waals surface area (Å²) in [5.41, 5.74) is 0. The van der Waals surface area contributed by atoms with Gasteiger partial charge in [-0.05, 0) is 15.9 Å². The molecule has 0 saturated carbocycles. The van der Waals surface area contributed by atoms with E-state index in [1.54, 1.807) is 7.05 Å². The zero-order chi connectivity index (χ0) is 12.6. The molecule has 0 aromatic carbocycles. The number of anilines is 1. The molecule has 10 heteroatoms. The van der Waals surface area contributed by atoms with Crippen LogP contribution in [0.4, 0.5) is 5.13 Å². The molecular weight excluding hydrogens is 352 g/mol. The van der Waals surface area contributed by atoms with Gasteiger partial charge >= 0.3 is 0 Å². The molecule has 0 aliphatic carbocycles. The highest BCUT2D eigenvalue weighted by Gasteiger charge is 2.23.